The maximum Gasteiger partial charge on any atom is 0.323 e. The topological polar surface area (TPSA) is 109 Å². The van der Waals surface area contributed by atoms with Crippen LogP contribution >= 0.6 is 11.6 Å². The Kier molecular flexibility index (Phi) is 8.24. The van der Waals surface area contributed by atoms with Crippen LogP contribution < -0.4 is 20.5 Å². The number of aromatic nitrogens is 2. The van der Waals surface area contributed by atoms with Crippen LogP contribution in [0.5, 0.6) is 11.5 Å². The number of hydrogen-bond acceptors (Lipinski definition) is 8. The predicted octanol–water partition coefficient (Wildman–Crippen LogP) is 4.47. The molecule has 0 radical (unpaired) electrons. The number of halogens is 2. The fourth-order valence-electron chi connectivity index (χ4n) is 3.15. The standard InChI is InChI=1S/C23H26ClFN4O4/c1-13(2)8-18(26)23(30)33-7-6-32-21-10-15-19(11-20(21)31-3)27-12-28-22(15)29-14-4-5-17(25)16(24)9-14/h4-5,9-13,18H,6-8,26H2,1-3H3,(H,27,28,29)/t18-/m0/s1. The molecule has 0 saturated heterocycles. The number of carbonyl (C=O) groups excluding carboxylic acids is 1. The minimum atomic E-state index is -0.661. The van der Waals surface area contributed by atoms with Crippen LogP contribution in [0.15, 0.2) is 36.7 Å². The van der Waals surface area contributed by atoms with Gasteiger partial charge in [-0.25, -0.2) is 14.4 Å². The van der Waals surface area contributed by atoms with E-state index in [0.29, 0.717) is 46.2 Å². The summed E-state index contributed by atoms with van der Waals surface area (Å²) in [6.45, 7) is 4.11. The molecule has 1 aromatic heterocycles. The molecule has 3 aromatic rings. The van der Waals surface area contributed by atoms with Gasteiger partial charge in [0.2, 0.25) is 0 Å². The average Bonchev–Trinajstić information content (AvgIpc) is 2.78. The molecule has 2 aromatic carbocycles. The van der Waals surface area contributed by atoms with E-state index in [-0.39, 0.29) is 18.2 Å². The summed E-state index contributed by atoms with van der Waals surface area (Å²) in [6.07, 6.45) is 1.95. The zero-order valence-corrected chi connectivity index (χ0v) is 19.4. The highest BCUT2D eigenvalue weighted by Crippen LogP contribution is 2.35. The molecule has 0 amide bonds. The maximum atomic E-state index is 13.5. The fraction of sp³-hybridized carbons (Fsp3) is 0.348. The average molecular weight is 477 g/mol. The molecule has 8 nitrogen and oxygen atoms in total. The number of nitrogens with two attached hydrogens (primary N) is 1. The number of methoxy groups -OCH3 is 1. The van der Waals surface area contributed by atoms with E-state index >= 15 is 0 Å². The number of ether oxygens (including phenoxy) is 3. The number of benzene rings is 2. The van der Waals surface area contributed by atoms with Crippen LogP contribution in [0.1, 0.15) is 20.3 Å². The SMILES string of the molecule is COc1cc2ncnc(Nc3ccc(F)c(Cl)c3)c2cc1OCCOC(=O)[C@@H](N)CC(C)C. The minimum absolute atomic E-state index is 0.00767. The van der Waals surface area contributed by atoms with E-state index in [2.05, 4.69) is 15.3 Å². The van der Waals surface area contributed by atoms with E-state index in [1.165, 1.54) is 25.6 Å². The highest BCUT2D eigenvalue weighted by molar-refractivity contribution is 6.31. The smallest absolute Gasteiger partial charge is 0.323 e. The summed E-state index contributed by atoms with van der Waals surface area (Å²) in [6, 6.07) is 7.04. The van der Waals surface area contributed by atoms with Gasteiger partial charge in [0, 0.05) is 17.1 Å². The third-order valence-corrected chi connectivity index (χ3v) is 5.01. The van der Waals surface area contributed by atoms with Crippen LogP contribution in [0.2, 0.25) is 5.02 Å². The number of hydrogen-bond donors (Lipinski definition) is 2. The van der Waals surface area contributed by atoms with Gasteiger partial charge in [0.25, 0.3) is 0 Å². The summed E-state index contributed by atoms with van der Waals surface area (Å²) < 4.78 is 29.9. The second kappa shape index (κ2) is 11.1. The molecule has 0 aliphatic rings. The van der Waals surface area contributed by atoms with Gasteiger partial charge in [-0.15, -0.1) is 0 Å². The summed E-state index contributed by atoms with van der Waals surface area (Å²) in [5, 5.41) is 3.74. The lowest BCUT2D eigenvalue weighted by molar-refractivity contribution is -0.146. The van der Waals surface area contributed by atoms with Gasteiger partial charge in [0.1, 0.15) is 37.2 Å². The number of esters is 1. The largest absolute Gasteiger partial charge is 0.493 e. The van der Waals surface area contributed by atoms with Crippen molar-refractivity contribution >= 4 is 40.0 Å². The molecule has 10 heteroatoms. The summed E-state index contributed by atoms with van der Waals surface area (Å²) >= 11 is 5.87. The lowest BCUT2D eigenvalue weighted by Gasteiger charge is -2.15. The van der Waals surface area contributed by atoms with Crippen molar-refractivity contribution in [3.63, 3.8) is 0 Å². The highest BCUT2D eigenvalue weighted by Gasteiger charge is 2.17. The highest BCUT2D eigenvalue weighted by atomic mass is 35.5. The van der Waals surface area contributed by atoms with E-state index in [9.17, 15) is 9.18 Å². The third kappa shape index (κ3) is 6.43. The van der Waals surface area contributed by atoms with Crippen molar-refractivity contribution in [1.82, 2.24) is 9.97 Å². The Hall–Kier alpha value is -3.17. The lowest BCUT2D eigenvalue weighted by atomic mass is 10.1. The lowest BCUT2D eigenvalue weighted by Crippen LogP contribution is -2.34. The van der Waals surface area contributed by atoms with Gasteiger partial charge in [-0.1, -0.05) is 25.4 Å². The van der Waals surface area contributed by atoms with E-state index < -0.39 is 17.8 Å². The summed E-state index contributed by atoms with van der Waals surface area (Å²) in [5.74, 6) is 0.668. The van der Waals surface area contributed by atoms with Crippen molar-refractivity contribution in [2.24, 2.45) is 11.7 Å². The zero-order valence-electron chi connectivity index (χ0n) is 18.6. The second-order valence-corrected chi connectivity index (χ2v) is 8.16. The first-order chi connectivity index (χ1) is 15.8. The monoisotopic (exact) mass is 476 g/mol. The Morgan fingerprint density at radius 2 is 1.97 bits per heavy atom. The molecule has 3 N–H and O–H groups in total. The van der Waals surface area contributed by atoms with Crippen LogP contribution in [0.3, 0.4) is 0 Å². The quantitative estimate of drug-likeness (QED) is 0.326. The van der Waals surface area contributed by atoms with Crippen molar-refractivity contribution in [2.75, 3.05) is 25.6 Å². The van der Waals surface area contributed by atoms with Crippen LogP contribution in [0, 0.1) is 11.7 Å². The first kappa shape index (κ1) is 24.5. The van der Waals surface area contributed by atoms with Crippen LogP contribution in [-0.2, 0) is 9.53 Å². The minimum Gasteiger partial charge on any atom is -0.493 e. The van der Waals surface area contributed by atoms with Gasteiger partial charge in [0.05, 0.1) is 17.6 Å². The molecule has 0 unspecified atom stereocenters. The molecule has 0 aliphatic carbocycles. The van der Waals surface area contributed by atoms with Crippen molar-refractivity contribution in [1.29, 1.82) is 0 Å². The van der Waals surface area contributed by atoms with Gasteiger partial charge < -0.3 is 25.3 Å². The van der Waals surface area contributed by atoms with Crippen LogP contribution in [-0.4, -0.2) is 42.3 Å². The first-order valence-electron chi connectivity index (χ1n) is 10.4. The maximum absolute atomic E-state index is 13.5. The molecule has 0 aliphatic heterocycles. The van der Waals surface area contributed by atoms with Crippen LogP contribution in [0.4, 0.5) is 15.9 Å². The van der Waals surface area contributed by atoms with Gasteiger partial charge in [-0.2, -0.15) is 0 Å². The molecule has 1 heterocycles. The van der Waals surface area contributed by atoms with E-state index in [1.807, 2.05) is 13.8 Å². The number of anilines is 2. The zero-order chi connectivity index (χ0) is 24.0. The van der Waals surface area contributed by atoms with Crippen molar-refractivity contribution in [3.8, 4) is 11.5 Å². The normalized spacial score (nSPS) is 12.0. The number of carbonyl (C=O) groups is 1. The first-order valence-corrected chi connectivity index (χ1v) is 10.8. The predicted molar refractivity (Wildman–Crippen MR) is 125 cm³/mol. The Labute approximate surface area is 196 Å². The molecular weight excluding hydrogens is 451 g/mol. The van der Waals surface area contributed by atoms with Gasteiger partial charge >= 0.3 is 5.97 Å². The van der Waals surface area contributed by atoms with Gasteiger partial charge in [-0.05, 0) is 36.6 Å². The van der Waals surface area contributed by atoms with Crippen LogP contribution in [0.25, 0.3) is 10.9 Å². The summed E-state index contributed by atoms with van der Waals surface area (Å²) in [4.78, 5) is 20.5. The molecule has 1 atom stereocenters. The van der Waals surface area contributed by atoms with Crippen molar-refractivity contribution in [3.05, 3.63) is 47.5 Å². The van der Waals surface area contributed by atoms with Crippen molar-refractivity contribution in [2.45, 2.75) is 26.3 Å². The number of nitrogens with one attached hydrogen (secondary N) is 1. The van der Waals surface area contributed by atoms with E-state index in [4.69, 9.17) is 31.5 Å². The molecule has 176 valence electrons. The molecule has 33 heavy (non-hydrogen) atoms. The van der Waals surface area contributed by atoms with Gasteiger partial charge in [-0.3, -0.25) is 4.79 Å². The van der Waals surface area contributed by atoms with Crippen molar-refractivity contribution < 1.29 is 23.4 Å². The summed E-state index contributed by atoms with van der Waals surface area (Å²) in [7, 11) is 1.51. The Morgan fingerprint density at radius 3 is 2.67 bits per heavy atom. The van der Waals surface area contributed by atoms with E-state index in [1.54, 1.807) is 18.2 Å². The van der Waals surface area contributed by atoms with E-state index in [0.717, 1.165) is 0 Å². The molecule has 0 saturated carbocycles. The molecule has 0 fully saturated rings. The number of rotatable bonds is 10. The van der Waals surface area contributed by atoms with Gasteiger partial charge in [0.15, 0.2) is 11.5 Å². The fourth-order valence-corrected chi connectivity index (χ4v) is 3.33. The molecular formula is C23H26ClFN4O4. The summed E-state index contributed by atoms with van der Waals surface area (Å²) in [5.41, 5.74) is 7.00. The Balaban J connectivity index is 1.74. The molecule has 0 spiro atoms. The number of nitrogens with zero attached hydrogens (tertiary/aromatic N) is 2. The third-order valence-electron chi connectivity index (χ3n) is 4.72. The second-order valence-electron chi connectivity index (χ2n) is 7.75. The number of fused-ring (bicyclic) bond motifs is 1. The Morgan fingerprint density at radius 1 is 1.18 bits per heavy atom. The Bertz CT molecular complexity index is 1130. The molecule has 3 rings (SSSR count). The molecule has 0 bridgehead atoms.